The number of hydrogen-bond donors (Lipinski definition) is 2. The molecule has 9 heteroatoms. The van der Waals surface area contributed by atoms with E-state index in [1.165, 1.54) is 6.07 Å². The summed E-state index contributed by atoms with van der Waals surface area (Å²) in [4.78, 5) is 17.2. The first kappa shape index (κ1) is 22.3. The Bertz CT molecular complexity index is 780. The van der Waals surface area contributed by atoms with Gasteiger partial charge in [-0.3, -0.25) is 14.5 Å². The summed E-state index contributed by atoms with van der Waals surface area (Å²) < 4.78 is 37.2. The predicted octanol–water partition coefficient (Wildman–Crippen LogP) is 1.45. The van der Waals surface area contributed by atoms with Crippen LogP contribution in [0.3, 0.4) is 0 Å². The molecule has 156 valence electrons. The van der Waals surface area contributed by atoms with Gasteiger partial charge < -0.3 is 14.8 Å². The number of fused-ring (bicyclic) bond motifs is 1. The van der Waals surface area contributed by atoms with E-state index in [1.807, 2.05) is 6.92 Å². The second-order valence-electron chi connectivity index (χ2n) is 6.49. The van der Waals surface area contributed by atoms with Gasteiger partial charge in [0.2, 0.25) is 5.91 Å². The number of rotatable bonds is 12. The lowest BCUT2D eigenvalue weighted by Crippen LogP contribution is -2.36. The number of benzene rings is 1. The fraction of sp³-hybridized carbons (Fsp3) is 0.579. The van der Waals surface area contributed by atoms with Gasteiger partial charge in [0, 0.05) is 25.8 Å². The lowest BCUT2D eigenvalue weighted by Gasteiger charge is -2.14. The molecular weight excluding hydrogens is 382 g/mol. The number of carbonyl (C=O) groups is 1. The first-order valence-corrected chi connectivity index (χ1v) is 11.0. The van der Waals surface area contributed by atoms with E-state index >= 15 is 0 Å². The third-order valence-corrected chi connectivity index (χ3v) is 5.68. The van der Waals surface area contributed by atoms with Crippen molar-refractivity contribution in [3.05, 3.63) is 29.8 Å². The normalized spacial score (nSPS) is 17.1. The minimum Gasteiger partial charge on any atom is -0.382 e. The highest BCUT2D eigenvalue weighted by Crippen LogP contribution is 2.23. The first-order chi connectivity index (χ1) is 13.5. The zero-order chi connectivity index (χ0) is 20.4. The van der Waals surface area contributed by atoms with Gasteiger partial charge in [-0.2, -0.15) is 0 Å². The van der Waals surface area contributed by atoms with E-state index in [0.717, 1.165) is 12.8 Å². The molecule has 1 atom stereocenters. The Morgan fingerprint density at radius 3 is 2.75 bits per heavy atom. The van der Waals surface area contributed by atoms with Gasteiger partial charge in [0.1, 0.15) is 11.9 Å². The molecule has 0 aliphatic carbocycles. The van der Waals surface area contributed by atoms with E-state index in [0.29, 0.717) is 44.8 Å². The van der Waals surface area contributed by atoms with Crippen molar-refractivity contribution >= 4 is 21.8 Å². The number of aliphatic imine (C=N–C) groups is 1. The minimum absolute atomic E-state index is 0.191. The Balaban J connectivity index is 2.00. The molecule has 0 saturated carbocycles. The topological polar surface area (TPSA) is 106 Å². The van der Waals surface area contributed by atoms with Crippen LogP contribution in [0.5, 0.6) is 0 Å². The molecule has 0 fully saturated rings. The Labute approximate surface area is 166 Å². The lowest BCUT2D eigenvalue weighted by molar-refractivity contribution is -0.122. The third-order valence-electron chi connectivity index (χ3n) is 4.28. The lowest BCUT2D eigenvalue weighted by atomic mass is 10.1. The van der Waals surface area contributed by atoms with Crippen molar-refractivity contribution in [3.63, 3.8) is 0 Å². The van der Waals surface area contributed by atoms with Crippen LogP contribution in [-0.2, 0) is 24.3 Å². The fourth-order valence-electron chi connectivity index (χ4n) is 2.79. The molecule has 8 nitrogen and oxygen atoms in total. The van der Waals surface area contributed by atoms with Crippen LogP contribution in [0, 0.1) is 0 Å². The van der Waals surface area contributed by atoms with E-state index < -0.39 is 16.1 Å². The smallest absolute Gasteiger partial charge is 0.263 e. The van der Waals surface area contributed by atoms with E-state index in [4.69, 9.17) is 9.47 Å². The Morgan fingerprint density at radius 1 is 1.21 bits per heavy atom. The number of amidine groups is 1. The number of methoxy groups -OCH3 is 1. The van der Waals surface area contributed by atoms with Crippen LogP contribution in [0.1, 0.15) is 38.2 Å². The number of carbonyl (C=O) groups excluding carboxylic acids is 1. The highest BCUT2D eigenvalue weighted by Gasteiger charge is 2.31. The van der Waals surface area contributed by atoms with Crippen molar-refractivity contribution in [1.82, 2.24) is 10.0 Å². The minimum atomic E-state index is -3.62. The summed E-state index contributed by atoms with van der Waals surface area (Å²) in [6, 6.07) is 6.00. The molecule has 0 spiro atoms. The SMILES string of the molecule is CCCCC(N=C1NS(=O)(=O)c2ccccc21)C(=O)NCCCOCCOC. The highest BCUT2D eigenvalue weighted by atomic mass is 32.2. The van der Waals surface area contributed by atoms with Gasteiger partial charge in [-0.25, -0.2) is 8.42 Å². The summed E-state index contributed by atoms with van der Waals surface area (Å²) in [6.07, 6.45) is 2.98. The van der Waals surface area contributed by atoms with Gasteiger partial charge in [-0.15, -0.1) is 0 Å². The summed E-state index contributed by atoms with van der Waals surface area (Å²) in [5, 5.41) is 2.87. The average molecular weight is 412 g/mol. The third kappa shape index (κ3) is 6.29. The zero-order valence-corrected chi connectivity index (χ0v) is 17.3. The molecule has 2 rings (SSSR count). The maximum absolute atomic E-state index is 12.6. The Morgan fingerprint density at radius 2 is 2.00 bits per heavy atom. The summed E-state index contributed by atoms with van der Waals surface area (Å²) in [5.74, 6) is 0.0242. The Kier molecular flexibility index (Phi) is 8.88. The van der Waals surface area contributed by atoms with E-state index in [-0.39, 0.29) is 16.6 Å². The predicted molar refractivity (Wildman–Crippen MR) is 107 cm³/mol. The first-order valence-electron chi connectivity index (χ1n) is 9.54. The van der Waals surface area contributed by atoms with Crippen LogP contribution in [0.25, 0.3) is 0 Å². The second-order valence-corrected chi connectivity index (χ2v) is 8.14. The molecule has 1 aliphatic rings. The van der Waals surface area contributed by atoms with Gasteiger partial charge in [-0.1, -0.05) is 31.9 Å². The van der Waals surface area contributed by atoms with Gasteiger partial charge >= 0.3 is 0 Å². The number of unbranched alkanes of at least 4 members (excludes halogenated alkanes) is 1. The number of sulfonamides is 1. The van der Waals surface area contributed by atoms with Crippen molar-refractivity contribution in [3.8, 4) is 0 Å². The van der Waals surface area contributed by atoms with Crippen LogP contribution in [-0.4, -0.2) is 59.7 Å². The van der Waals surface area contributed by atoms with Crippen LogP contribution in [0.2, 0.25) is 0 Å². The molecule has 1 aromatic carbocycles. The van der Waals surface area contributed by atoms with Crippen molar-refractivity contribution in [2.45, 2.75) is 43.5 Å². The quantitative estimate of drug-likeness (QED) is 0.507. The molecule has 1 aromatic rings. The van der Waals surface area contributed by atoms with Crippen molar-refractivity contribution in [2.24, 2.45) is 4.99 Å². The van der Waals surface area contributed by atoms with E-state index in [2.05, 4.69) is 15.0 Å². The molecule has 1 aliphatic heterocycles. The largest absolute Gasteiger partial charge is 0.382 e. The molecule has 0 bridgehead atoms. The van der Waals surface area contributed by atoms with Crippen LogP contribution in [0.15, 0.2) is 34.2 Å². The summed E-state index contributed by atoms with van der Waals surface area (Å²) in [5.41, 5.74) is 0.503. The molecule has 1 unspecified atom stereocenters. The number of nitrogens with zero attached hydrogens (tertiary/aromatic N) is 1. The maximum atomic E-state index is 12.6. The molecule has 0 radical (unpaired) electrons. The van der Waals surface area contributed by atoms with Crippen molar-refractivity contribution in [2.75, 3.05) is 33.5 Å². The molecule has 1 heterocycles. The van der Waals surface area contributed by atoms with E-state index in [9.17, 15) is 13.2 Å². The highest BCUT2D eigenvalue weighted by molar-refractivity contribution is 7.90. The standard InChI is InChI=1S/C19H29N3O5S/c1-3-4-9-16(19(23)20-11-7-12-27-14-13-26-2)21-18-15-8-5-6-10-17(15)28(24,25)22-18/h5-6,8,10,16H,3-4,7,9,11-14H2,1-2H3,(H,20,23)(H,21,22). The van der Waals surface area contributed by atoms with E-state index in [1.54, 1.807) is 25.3 Å². The van der Waals surface area contributed by atoms with Gasteiger partial charge in [-0.05, 0) is 25.0 Å². The number of ether oxygens (including phenoxy) is 2. The van der Waals surface area contributed by atoms with Crippen LogP contribution >= 0.6 is 0 Å². The summed E-state index contributed by atoms with van der Waals surface area (Å²) in [7, 11) is -2.00. The average Bonchev–Trinajstić information content (AvgIpc) is 2.94. The van der Waals surface area contributed by atoms with Gasteiger partial charge in [0.15, 0.2) is 0 Å². The number of nitrogens with one attached hydrogen (secondary N) is 2. The molecule has 0 aromatic heterocycles. The maximum Gasteiger partial charge on any atom is 0.263 e. The van der Waals surface area contributed by atoms with Crippen LogP contribution < -0.4 is 10.0 Å². The number of hydrogen-bond acceptors (Lipinski definition) is 6. The van der Waals surface area contributed by atoms with Gasteiger partial charge in [0.05, 0.1) is 18.1 Å². The van der Waals surface area contributed by atoms with Crippen molar-refractivity contribution < 1.29 is 22.7 Å². The Hall–Kier alpha value is -1.97. The van der Waals surface area contributed by atoms with Gasteiger partial charge in [0.25, 0.3) is 10.0 Å². The molecule has 2 N–H and O–H groups in total. The van der Waals surface area contributed by atoms with Crippen molar-refractivity contribution in [1.29, 1.82) is 0 Å². The number of amides is 1. The summed E-state index contributed by atoms with van der Waals surface area (Å²) in [6.45, 7) is 4.11. The monoisotopic (exact) mass is 411 g/mol. The molecule has 0 saturated heterocycles. The molecule has 1 amide bonds. The fourth-order valence-corrected chi connectivity index (χ4v) is 4.02. The second kappa shape index (κ2) is 11.1. The summed E-state index contributed by atoms with van der Waals surface area (Å²) >= 11 is 0. The molecule has 28 heavy (non-hydrogen) atoms. The zero-order valence-electron chi connectivity index (χ0n) is 16.4. The van der Waals surface area contributed by atoms with Crippen LogP contribution in [0.4, 0.5) is 0 Å². The molecular formula is C19H29N3O5S.